The Bertz CT molecular complexity index is 930. The lowest BCUT2D eigenvalue weighted by molar-refractivity contribution is 0.106. The van der Waals surface area contributed by atoms with Crippen LogP contribution in [-0.4, -0.2) is 82.0 Å². The van der Waals surface area contributed by atoms with Crippen LogP contribution in [0.1, 0.15) is 12.8 Å². The van der Waals surface area contributed by atoms with Gasteiger partial charge in [-0.15, -0.1) is 15.3 Å². The van der Waals surface area contributed by atoms with Crippen LogP contribution in [0, 0.1) is 0 Å². The molecule has 1 atom stereocenters. The van der Waals surface area contributed by atoms with Gasteiger partial charge in [0.2, 0.25) is 0 Å². The molecule has 0 amide bonds. The van der Waals surface area contributed by atoms with E-state index in [-0.39, 0.29) is 0 Å². The molecule has 4 heterocycles. The summed E-state index contributed by atoms with van der Waals surface area (Å²) in [6.07, 6.45) is 2.64. The topological polar surface area (TPSA) is 52.8 Å². The summed E-state index contributed by atoms with van der Waals surface area (Å²) >= 11 is 0. The van der Waals surface area contributed by atoms with Crippen LogP contribution in [0.2, 0.25) is 0 Å². The van der Waals surface area contributed by atoms with Crippen molar-refractivity contribution in [3.8, 4) is 11.4 Å². The minimum absolute atomic E-state index is 0.707. The molecule has 1 unspecified atom stereocenters. The summed E-state index contributed by atoms with van der Waals surface area (Å²) in [6.45, 7) is 6.68. The Morgan fingerprint density at radius 2 is 1.71 bits per heavy atom. The van der Waals surface area contributed by atoms with Gasteiger partial charge in [0.1, 0.15) is 5.82 Å². The third kappa shape index (κ3) is 3.36. The SMILES string of the molecule is CN1CCCC(N2CCN(c3ccc4nnc(-c5ccccc5)n4n3)CC2)C1. The first-order valence-electron chi connectivity index (χ1n) is 10.2. The molecule has 7 heteroatoms. The van der Waals surface area contributed by atoms with E-state index in [9.17, 15) is 0 Å². The maximum atomic E-state index is 4.88. The van der Waals surface area contributed by atoms with Crippen LogP contribution in [-0.2, 0) is 0 Å². The summed E-state index contributed by atoms with van der Waals surface area (Å²) in [7, 11) is 2.24. The number of fused-ring (bicyclic) bond motifs is 1. The molecule has 5 rings (SSSR count). The quantitative estimate of drug-likeness (QED) is 0.696. The van der Waals surface area contributed by atoms with Gasteiger partial charge in [-0.2, -0.15) is 4.52 Å². The summed E-state index contributed by atoms with van der Waals surface area (Å²) < 4.78 is 1.87. The smallest absolute Gasteiger partial charge is 0.185 e. The van der Waals surface area contributed by atoms with E-state index in [1.54, 1.807) is 0 Å². The number of piperidine rings is 1. The average Bonchev–Trinajstić information content (AvgIpc) is 3.18. The summed E-state index contributed by atoms with van der Waals surface area (Å²) in [5, 5.41) is 13.5. The molecule has 28 heavy (non-hydrogen) atoms. The zero-order valence-electron chi connectivity index (χ0n) is 16.4. The number of anilines is 1. The van der Waals surface area contributed by atoms with Crippen molar-refractivity contribution in [2.75, 3.05) is 51.2 Å². The number of aromatic nitrogens is 4. The Kier molecular flexibility index (Phi) is 4.70. The summed E-state index contributed by atoms with van der Waals surface area (Å²) in [4.78, 5) is 7.52. The minimum atomic E-state index is 0.707. The molecule has 0 radical (unpaired) electrons. The molecule has 0 saturated carbocycles. The molecule has 0 spiro atoms. The number of hydrogen-bond acceptors (Lipinski definition) is 6. The predicted octanol–water partition coefficient (Wildman–Crippen LogP) is 2.01. The Balaban J connectivity index is 1.33. The molecule has 2 aliphatic heterocycles. The van der Waals surface area contributed by atoms with Crippen molar-refractivity contribution >= 4 is 11.5 Å². The fourth-order valence-corrected chi connectivity index (χ4v) is 4.47. The van der Waals surface area contributed by atoms with Crippen LogP contribution >= 0.6 is 0 Å². The van der Waals surface area contributed by atoms with Gasteiger partial charge in [-0.05, 0) is 38.6 Å². The van der Waals surface area contributed by atoms with Gasteiger partial charge < -0.3 is 9.80 Å². The van der Waals surface area contributed by atoms with Crippen LogP contribution in [0.3, 0.4) is 0 Å². The first kappa shape index (κ1) is 17.6. The second-order valence-corrected chi connectivity index (χ2v) is 7.93. The number of rotatable bonds is 3. The van der Waals surface area contributed by atoms with Gasteiger partial charge in [0.25, 0.3) is 0 Å². The van der Waals surface area contributed by atoms with Crippen molar-refractivity contribution in [3.05, 3.63) is 42.5 Å². The maximum Gasteiger partial charge on any atom is 0.185 e. The fraction of sp³-hybridized carbons (Fsp3) is 0.476. The molecule has 0 N–H and O–H groups in total. The lowest BCUT2D eigenvalue weighted by atomic mass is 10.0. The Morgan fingerprint density at radius 1 is 0.893 bits per heavy atom. The van der Waals surface area contributed by atoms with E-state index >= 15 is 0 Å². The fourth-order valence-electron chi connectivity index (χ4n) is 4.47. The van der Waals surface area contributed by atoms with Crippen molar-refractivity contribution in [3.63, 3.8) is 0 Å². The lowest BCUT2D eigenvalue weighted by Gasteiger charge is -2.42. The molecule has 146 valence electrons. The van der Waals surface area contributed by atoms with Crippen LogP contribution in [0.15, 0.2) is 42.5 Å². The number of hydrogen-bond donors (Lipinski definition) is 0. The lowest BCUT2D eigenvalue weighted by Crippen LogP contribution is -2.54. The zero-order chi connectivity index (χ0) is 18.9. The van der Waals surface area contributed by atoms with Crippen molar-refractivity contribution < 1.29 is 0 Å². The van der Waals surface area contributed by atoms with Crippen molar-refractivity contribution in [2.24, 2.45) is 0 Å². The zero-order valence-corrected chi connectivity index (χ0v) is 16.4. The predicted molar refractivity (Wildman–Crippen MR) is 111 cm³/mol. The van der Waals surface area contributed by atoms with E-state index in [0.29, 0.717) is 6.04 Å². The second-order valence-electron chi connectivity index (χ2n) is 7.93. The summed E-state index contributed by atoms with van der Waals surface area (Å²) in [5.74, 6) is 1.80. The van der Waals surface area contributed by atoms with E-state index in [1.807, 2.05) is 40.9 Å². The van der Waals surface area contributed by atoms with Crippen LogP contribution < -0.4 is 4.90 Å². The van der Waals surface area contributed by atoms with Gasteiger partial charge in [0.05, 0.1) is 0 Å². The molecule has 2 fully saturated rings. The Labute approximate surface area is 165 Å². The molecule has 2 aliphatic rings. The molecule has 2 saturated heterocycles. The maximum absolute atomic E-state index is 4.88. The van der Waals surface area contributed by atoms with Gasteiger partial charge in [-0.1, -0.05) is 30.3 Å². The largest absolute Gasteiger partial charge is 0.353 e. The van der Waals surface area contributed by atoms with Crippen LogP contribution in [0.5, 0.6) is 0 Å². The second kappa shape index (κ2) is 7.48. The highest BCUT2D eigenvalue weighted by Crippen LogP contribution is 2.22. The molecule has 3 aromatic rings. The highest BCUT2D eigenvalue weighted by molar-refractivity contribution is 5.59. The molecule has 1 aromatic carbocycles. The number of likely N-dealkylation sites (tertiary alicyclic amines) is 1. The van der Waals surface area contributed by atoms with E-state index in [0.717, 1.165) is 49.0 Å². The highest BCUT2D eigenvalue weighted by Gasteiger charge is 2.27. The van der Waals surface area contributed by atoms with Crippen molar-refractivity contribution in [1.82, 2.24) is 29.6 Å². The minimum Gasteiger partial charge on any atom is -0.353 e. The number of likely N-dealkylation sites (N-methyl/N-ethyl adjacent to an activating group) is 1. The van der Waals surface area contributed by atoms with Gasteiger partial charge in [0, 0.05) is 44.3 Å². The molecular weight excluding hydrogens is 350 g/mol. The van der Waals surface area contributed by atoms with E-state index in [1.165, 1.54) is 25.9 Å². The molecule has 0 bridgehead atoms. The molecule has 7 nitrogen and oxygen atoms in total. The normalized spacial score (nSPS) is 22.0. The van der Waals surface area contributed by atoms with Gasteiger partial charge >= 0.3 is 0 Å². The molecule has 0 aliphatic carbocycles. The van der Waals surface area contributed by atoms with Crippen LogP contribution in [0.25, 0.3) is 17.0 Å². The Morgan fingerprint density at radius 3 is 2.50 bits per heavy atom. The number of nitrogens with zero attached hydrogens (tertiary/aromatic N) is 7. The Hall–Kier alpha value is -2.51. The first-order chi connectivity index (χ1) is 13.8. The number of benzene rings is 1. The average molecular weight is 377 g/mol. The van der Waals surface area contributed by atoms with Crippen LogP contribution in [0.4, 0.5) is 5.82 Å². The first-order valence-corrected chi connectivity index (χ1v) is 10.2. The third-order valence-electron chi connectivity index (χ3n) is 6.03. The monoisotopic (exact) mass is 377 g/mol. The van der Waals surface area contributed by atoms with E-state index in [2.05, 4.69) is 38.0 Å². The third-order valence-corrected chi connectivity index (χ3v) is 6.03. The summed E-state index contributed by atoms with van der Waals surface area (Å²) in [5.41, 5.74) is 1.82. The van der Waals surface area contributed by atoms with Crippen molar-refractivity contribution in [1.29, 1.82) is 0 Å². The standard InChI is InChI=1S/C21H27N7/c1-25-11-5-8-18(16-25)26-12-14-27(15-13-26)20-10-9-19-22-23-21(28(19)24-20)17-6-3-2-4-7-17/h2-4,6-7,9-10,18H,5,8,11-16H2,1H3. The number of piperazine rings is 1. The molecule has 2 aromatic heterocycles. The summed E-state index contributed by atoms with van der Waals surface area (Å²) in [6, 6.07) is 14.9. The van der Waals surface area contributed by atoms with Gasteiger partial charge in [-0.3, -0.25) is 4.90 Å². The van der Waals surface area contributed by atoms with Crippen molar-refractivity contribution in [2.45, 2.75) is 18.9 Å². The highest BCUT2D eigenvalue weighted by atomic mass is 15.4. The van der Waals surface area contributed by atoms with Gasteiger partial charge in [-0.25, -0.2) is 0 Å². The van der Waals surface area contributed by atoms with E-state index in [4.69, 9.17) is 5.10 Å². The van der Waals surface area contributed by atoms with Gasteiger partial charge in [0.15, 0.2) is 11.5 Å². The molecular formula is C21H27N7. The van der Waals surface area contributed by atoms with E-state index < -0.39 is 0 Å².